The highest BCUT2D eigenvalue weighted by Crippen LogP contribution is 2.32. The van der Waals surface area contributed by atoms with Gasteiger partial charge in [-0.25, -0.2) is 9.37 Å². The number of aryl methyl sites for hydroxylation is 1. The van der Waals surface area contributed by atoms with Crippen molar-refractivity contribution >= 4 is 5.82 Å². The van der Waals surface area contributed by atoms with E-state index in [-0.39, 0.29) is 11.4 Å². The second-order valence-electron chi connectivity index (χ2n) is 4.82. The summed E-state index contributed by atoms with van der Waals surface area (Å²) in [7, 11) is 0. The number of aromatic nitrogens is 1. The van der Waals surface area contributed by atoms with Crippen molar-refractivity contribution in [2.24, 2.45) is 0 Å². The second-order valence-corrected chi connectivity index (χ2v) is 4.82. The number of nitrogens with zero attached hydrogens (tertiary/aromatic N) is 2. The van der Waals surface area contributed by atoms with Crippen molar-refractivity contribution in [1.29, 1.82) is 5.26 Å². The van der Waals surface area contributed by atoms with Gasteiger partial charge in [-0.15, -0.1) is 0 Å². The van der Waals surface area contributed by atoms with Gasteiger partial charge in [0.25, 0.3) is 0 Å². The van der Waals surface area contributed by atoms with Crippen molar-refractivity contribution in [1.82, 2.24) is 4.98 Å². The Kier molecular flexibility index (Phi) is 3.36. The van der Waals surface area contributed by atoms with Crippen molar-refractivity contribution in [3.05, 3.63) is 59.6 Å². The van der Waals surface area contributed by atoms with Crippen molar-refractivity contribution < 1.29 is 8.81 Å². The van der Waals surface area contributed by atoms with Gasteiger partial charge in [0.2, 0.25) is 0 Å². The van der Waals surface area contributed by atoms with Crippen molar-refractivity contribution in [3.63, 3.8) is 0 Å². The molecule has 0 saturated carbocycles. The molecule has 3 aromatic rings. The average molecular weight is 293 g/mol. The van der Waals surface area contributed by atoms with Gasteiger partial charge in [-0.2, -0.15) is 5.26 Å². The molecule has 0 saturated heterocycles. The Balaban J connectivity index is 2.26. The summed E-state index contributed by atoms with van der Waals surface area (Å²) in [6.45, 7) is 1.80. The maximum atomic E-state index is 14.0. The first-order valence-corrected chi connectivity index (χ1v) is 6.62. The van der Waals surface area contributed by atoms with Crippen LogP contribution in [0, 0.1) is 24.1 Å². The van der Waals surface area contributed by atoms with E-state index in [1.54, 1.807) is 43.3 Å². The second kappa shape index (κ2) is 5.34. The third-order valence-electron chi connectivity index (χ3n) is 3.31. The molecule has 0 bridgehead atoms. The largest absolute Gasteiger partial charge is 0.461 e. The minimum atomic E-state index is -0.402. The number of rotatable bonds is 2. The summed E-state index contributed by atoms with van der Waals surface area (Å²) in [5, 5.41) is 9.30. The molecule has 108 valence electrons. The number of furan rings is 1. The molecule has 0 fully saturated rings. The van der Waals surface area contributed by atoms with Crippen LogP contribution in [0.25, 0.3) is 22.6 Å². The number of benzene rings is 1. The topological polar surface area (TPSA) is 75.8 Å². The Morgan fingerprint density at radius 1 is 1.18 bits per heavy atom. The first-order valence-electron chi connectivity index (χ1n) is 6.62. The monoisotopic (exact) mass is 293 g/mol. The van der Waals surface area contributed by atoms with Crippen molar-refractivity contribution in [2.75, 3.05) is 5.73 Å². The minimum Gasteiger partial charge on any atom is -0.461 e. The van der Waals surface area contributed by atoms with Gasteiger partial charge in [0.1, 0.15) is 34.8 Å². The lowest BCUT2D eigenvalue weighted by molar-refractivity contribution is 0.548. The maximum absolute atomic E-state index is 14.0. The molecular formula is C17H12FN3O. The number of nitrogen functional groups attached to an aromatic ring is 1. The van der Waals surface area contributed by atoms with Crippen LogP contribution >= 0.6 is 0 Å². The quantitative estimate of drug-likeness (QED) is 0.777. The molecule has 0 aliphatic heterocycles. The zero-order valence-corrected chi connectivity index (χ0v) is 11.8. The average Bonchev–Trinajstić information content (AvgIpc) is 2.93. The van der Waals surface area contributed by atoms with Crippen molar-refractivity contribution in [3.8, 4) is 28.7 Å². The highest BCUT2D eigenvalue weighted by atomic mass is 19.1. The van der Waals surface area contributed by atoms with E-state index in [2.05, 4.69) is 4.98 Å². The SMILES string of the molecule is Cc1ccc(-c2cc(-c3ccccc3F)nc(N)c2C#N)o1. The molecule has 22 heavy (non-hydrogen) atoms. The number of hydrogen-bond acceptors (Lipinski definition) is 4. The normalized spacial score (nSPS) is 10.4. The first-order chi connectivity index (χ1) is 10.6. The molecule has 0 radical (unpaired) electrons. The predicted octanol–water partition coefficient (Wildman–Crippen LogP) is 3.91. The van der Waals surface area contributed by atoms with Crippen LogP contribution in [-0.2, 0) is 0 Å². The van der Waals surface area contributed by atoms with E-state index < -0.39 is 5.82 Å². The number of anilines is 1. The minimum absolute atomic E-state index is 0.0484. The van der Waals surface area contributed by atoms with Gasteiger partial charge < -0.3 is 10.2 Å². The molecule has 4 nitrogen and oxygen atoms in total. The van der Waals surface area contributed by atoms with E-state index in [0.717, 1.165) is 0 Å². The molecule has 3 rings (SSSR count). The zero-order valence-electron chi connectivity index (χ0n) is 11.8. The summed E-state index contributed by atoms with van der Waals surface area (Å²) in [5.74, 6) is 0.857. The maximum Gasteiger partial charge on any atom is 0.142 e. The van der Waals surface area contributed by atoms with Crippen LogP contribution in [0.4, 0.5) is 10.2 Å². The van der Waals surface area contributed by atoms with E-state index in [1.165, 1.54) is 6.07 Å². The number of halogens is 1. The molecular weight excluding hydrogens is 281 g/mol. The lowest BCUT2D eigenvalue weighted by Crippen LogP contribution is -2.00. The Morgan fingerprint density at radius 3 is 2.59 bits per heavy atom. The van der Waals surface area contributed by atoms with Gasteiger partial charge in [0.05, 0.1) is 5.69 Å². The first kappa shape index (κ1) is 13.8. The summed E-state index contributed by atoms with van der Waals surface area (Å²) in [5.41, 5.74) is 7.27. The van der Waals surface area contributed by atoms with Gasteiger partial charge in [0, 0.05) is 11.1 Å². The summed E-state index contributed by atoms with van der Waals surface area (Å²) < 4.78 is 19.5. The molecule has 0 unspecified atom stereocenters. The van der Waals surface area contributed by atoms with E-state index in [9.17, 15) is 9.65 Å². The van der Waals surface area contributed by atoms with Gasteiger partial charge in [-0.05, 0) is 37.3 Å². The fourth-order valence-corrected chi connectivity index (χ4v) is 2.26. The lowest BCUT2D eigenvalue weighted by atomic mass is 10.0. The summed E-state index contributed by atoms with van der Waals surface area (Å²) in [6.07, 6.45) is 0. The summed E-state index contributed by atoms with van der Waals surface area (Å²) in [6, 6.07) is 13.4. The van der Waals surface area contributed by atoms with Gasteiger partial charge in [-0.3, -0.25) is 0 Å². The van der Waals surface area contributed by atoms with Crippen LogP contribution in [-0.4, -0.2) is 4.98 Å². The van der Waals surface area contributed by atoms with Gasteiger partial charge in [0.15, 0.2) is 0 Å². The van der Waals surface area contributed by atoms with Crippen LogP contribution in [0.3, 0.4) is 0 Å². The van der Waals surface area contributed by atoms with E-state index >= 15 is 0 Å². The van der Waals surface area contributed by atoms with Crippen LogP contribution in [0.15, 0.2) is 46.9 Å². The van der Waals surface area contributed by atoms with Crippen molar-refractivity contribution in [2.45, 2.75) is 6.92 Å². The zero-order chi connectivity index (χ0) is 15.7. The van der Waals surface area contributed by atoms with Crippen LogP contribution in [0.1, 0.15) is 11.3 Å². The molecule has 2 aromatic heterocycles. The molecule has 0 atom stereocenters. The molecule has 5 heteroatoms. The smallest absolute Gasteiger partial charge is 0.142 e. The van der Waals surface area contributed by atoms with E-state index in [1.807, 2.05) is 6.07 Å². The molecule has 0 amide bonds. The summed E-state index contributed by atoms with van der Waals surface area (Å²) in [4.78, 5) is 4.14. The Labute approximate surface area is 126 Å². The number of nitriles is 1. The van der Waals surface area contributed by atoms with E-state index in [4.69, 9.17) is 10.2 Å². The van der Waals surface area contributed by atoms with Crippen LogP contribution in [0.5, 0.6) is 0 Å². The van der Waals surface area contributed by atoms with Crippen LogP contribution in [0.2, 0.25) is 0 Å². The highest BCUT2D eigenvalue weighted by Gasteiger charge is 2.17. The van der Waals surface area contributed by atoms with Gasteiger partial charge in [-0.1, -0.05) is 12.1 Å². The predicted molar refractivity (Wildman–Crippen MR) is 81.2 cm³/mol. The van der Waals surface area contributed by atoms with Crippen LogP contribution < -0.4 is 5.73 Å². The number of hydrogen-bond donors (Lipinski definition) is 1. The number of nitrogens with two attached hydrogens (primary N) is 1. The fourth-order valence-electron chi connectivity index (χ4n) is 2.26. The Morgan fingerprint density at radius 2 is 1.95 bits per heavy atom. The standard InChI is InChI=1S/C17H12FN3O/c1-10-6-7-16(22-10)12-8-15(21-17(20)13(12)9-19)11-4-2-3-5-14(11)18/h2-8H,1H3,(H2,20,21). The molecule has 0 aliphatic rings. The third-order valence-corrected chi connectivity index (χ3v) is 3.31. The summed E-state index contributed by atoms with van der Waals surface area (Å²) >= 11 is 0. The fraction of sp³-hybridized carbons (Fsp3) is 0.0588. The molecule has 2 heterocycles. The Bertz CT molecular complexity index is 893. The molecule has 1 aromatic carbocycles. The third kappa shape index (κ3) is 2.31. The Hall–Kier alpha value is -3.13. The van der Waals surface area contributed by atoms with Gasteiger partial charge >= 0.3 is 0 Å². The molecule has 0 spiro atoms. The molecule has 2 N–H and O–H groups in total. The lowest BCUT2D eigenvalue weighted by Gasteiger charge is -2.09. The molecule has 0 aliphatic carbocycles. The number of pyridine rings is 1. The highest BCUT2D eigenvalue weighted by molar-refractivity contribution is 5.78. The van der Waals surface area contributed by atoms with E-state index in [0.29, 0.717) is 28.3 Å².